The van der Waals surface area contributed by atoms with Crippen LogP contribution in [0.2, 0.25) is 0 Å². The minimum atomic E-state index is -3.45. The van der Waals surface area contributed by atoms with Gasteiger partial charge in [0, 0.05) is 5.41 Å². The summed E-state index contributed by atoms with van der Waals surface area (Å²) in [4.78, 5) is 12.1. The third kappa shape index (κ3) is 1.40. The van der Waals surface area contributed by atoms with Gasteiger partial charge >= 0.3 is 0 Å². The molecule has 1 saturated heterocycles. The SMILES string of the molecule is C/C=C\C(=O)N1[C@@H]2C[C@H]3CC[C@@]2(CS1(=O)=O)C3(C)C. The van der Waals surface area contributed by atoms with Crippen LogP contribution in [-0.2, 0) is 14.8 Å². The lowest BCUT2D eigenvalue weighted by atomic mass is 9.69. The van der Waals surface area contributed by atoms with E-state index in [1.165, 1.54) is 10.4 Å². The zero-order valence-electron chi connectivity index (χ0n) is 11.7. The van der Waals surface area contributed by atoms with E-state index in [0.29, 0.717) is 5.92 Å². The van der Waals surface area contributed by atoms with E-state index in [1.54, 1.807) is 13.0 Å². The highest BCUT2D eigenvalue weighted by Crippen LogP contribution is 2.69. The average molecular weight is 283 g/mol. The van der Waals surface area contributed by atoms with Gasteiger partial charge in [-0.05, 0) is 43.6 Å². The van der Waals surface area contributed by atoms with Gasteiger partial charge in [0.25, 0.3) is 5.91 Å². The highest BCUT2D eigenvalue weighted by Gasteiger charge is 2.72. The summed E-state index contributed by atoms with van der Waals surface area (Å²) in [6.07, 6.45) is 5.87. The maximum Gasteiger partial charge on any atom is 0.259 e. The summed E-state index contributed by atoms with van der Waals surface area (Å²) in [6, 6.07) is -0.116. The molecule has 5 heteroatoms. The Morgan fingerprint density at radius 2 is 2.05 bits per heavy atom. The molecular formula is C14H21NO3S. The van der Waals surface area contributed by atoms with Crippen molar-refractivity contribution in [2.75, 3.05) is 5.75 Å². The smallest absolute Gasteiger partial charge is 0.259 e. The molecule has 0 N–H and O–H groups in total. The van der Waals surface area contributed by atoms with Crippen LogP contribution in [0.4, 0.5) is 0 Å². The molecule has 3 atom stereocenters. The Bertz CT molecular complexity index is 563. The lowest BCUT2D eigenvalue weighted by molar-refractivity contribution is -0.124. The topological polar surface area (TPSA) is 54.5 Å². The molecule has 0 aromatic carbocycles. The van der Waals surface area contributed by atoms with Crippen molar-refractivity contribution in [3.63, 3.8) is 0 Å². The molecule has 3 fully saturated rings. The van der Waals surface area contributed by atoms with E-state index in [9.17, 15) is 13.2 Å². The molecule has 0 aromatic heterocycles. The molecule has 0 radical (unpaired) electrons. The van der Waals surface area contributed by atoms with Crippen LogP contribution in [0.15, 0.2) is 12.2 Å². The van der Waals surface area contributed by atoms with Crippen LogP contribution in [0.25, 0.3) is 0 Å². The zero-order valence-corrected chi connectivity index (χ0v) is 12.5. The number of nitrogens with zero attached hydrogens (tertiary/aromatic N) is 1. The minimum absolute atomic E-state index is 0.0235. The van der Waals surface area contributed by atoms with Gasteiger partial charge in [-0.15, -0.1) is 0 Å². The number of sulfonamides is 1. The van der Waals surface area contributed by atoms with Crippen molar-refractivity contribution in [1.29, 1.82) is 0 Å². The Kier molecular flexibility index (Phi) is 2.51. The van der Waals surface area contributed by atoms with Gasteiger partial charge in [-0.1, -0.05) is 19.9 Å². The fourth-order valence-corrected chi connectivity index (χ4v) is 7.30. The van der Waals surface area contributed by atoms with Gasteiger partial charge in [0.05, 0.1) is 11.8 Å². The first-order valence-corrected chi connectivity index (χ1v) is 8.56. The van der Waals surface area contributed by atoms with Crippen LogP contribution in [-0.4, -0.2) is 30.4 Å². The summed E-state index contributed by atoms with van der Waals surface area (Å²) >= 11 is 0. The number of fused-ring (bicyclic) bond motifs is 1. The molecule has 1 spiro atoms. The van der Waals surface area contributed by atoms with E-state index in [0.717, 1.165) is 19.3 Å². The van der Waals surface area contributed by atoms with E-state index < -0.39 is 10.0 Å². The standard InChI is InChI=1S/C14H21NO3S/c1-4-5-12(16)15-11-8-10-6-7-14(11,13(10,2)3)9-19(15,17)18/h4-5,10-11H,6-9H2,1-3H3/b5-4-/t10-,11-,14+/m1/s1. The maximum atomic E-state index is 12.4. The molecule has 1 aliphatic heterocycles. The molecule has 2 aliphatic carbocycles. The van der Waals surface area contributed by atoms with Crippen molar-refractivity contribution in [3.05, 3.63) is 12.2 Å². The fraction of sp³-hybridized carbons (Fsp3) is 0.786. The van der Waals surface area contributed by atoms with Crippen molar-refractivity contribution in [2.24, 2.45) is 16.7 Å². The first kappa shape index (κ1) is 13.2. The highest BCUT2D eigenvalue weighted by atomic mass is 32.2. The molecule has 2 saturated carbocycles. The summed E-state index contributed by atoms with van der Waals surface area (Å²) in [6.45, 7) is 6.11. The minimum Gasteiger partial charge on any atom is -0.269 e. The van der Waals surface area contributed by atoms with Gasteiger partial charge in [0.1, 0.15) is 0 Å². The average Bonchev–Trinajstić information content (AvgIpc) is 2.75. The Morgan fingerprint density at radius 3 is 2.63 bits per heavy atom. The summed E-state index contributed by atoms with van der Waals surface area (Å²) < 4.78 is 26.1. The predicted molar refractivity (Wildman–Crippen MR) is 72.8 cm³/mol. The molecule has 4 nitrogen and oxygen atoms in total. The lowest BCUT2D eigenvalue weighted by Gasteiger charge is -2.36. The Labute approximate surface area is 114 Å². The summed E-state index contributed by atoms with van der Waals surface area (Å²) in [5, 5.41) is 0. The maximum absolute atomic E-state index is 12.4. The largest absolute Gasteiger partial charge is 0.269 e. The van der Waals surface area contributed by atoms with Crippen molar-refractivity contribution in [3.8, 4) is 0 Å². The number of amides is 1. The number of carbonyl (C=O) groups is 1. The van der Waals surface area contributed by atoms with Gasteiger partial charge < -0.3 is 0 Å². The molecule has 1 heterocycles. The number of allylic oxidation sites excluding steroid dienone is 1. The molecule has 0 unspecified atom stereocenters. The van der Waals surface area contributed by atoms with Crippen LogP contribution >= 0.6 is 0 Å². The first-order valence-electron chi connectivity index (χ1n) is 6.95. The normalized spacial score (nSPS) is 41.9. The summed E-state index contributed by atoms with van der Waals surface area (Å²) in [5.74, 6) is 0.332. The van der Waals surface area contributed by atoms with Crippen LogP contribution in [0, 0.1) is 16.7 Å². The number of rotatable bonds is 1. The van der Waals surface area contributed by atoms with Crippen molar-refractivity contribution in [2.45, 2.75) is 46.1 Å². The third-order valence-electron chi connectivity index (χ3n) is 5.94. The molecule has 2 bridgehead atoms. The second-order valence-electron chi connectivity index (χ2n) is 6.76. The molecule has 19 heavy (non-hydrogen) atoms. The van der Waals surface area contributed by atoms with Crippen molar-refractivity contribution in [1.82, 2.24) is 4.31 Å². The molecule has 1 amide bonds. The van der Waals surface area contributed by atoms with E-state index in [-0.39, 0.29) is 28.5 Å². The number of carbonyl (C=O) groups excluding carboxylic acids is 1. The van der Waals surface area contributed by atoms with E-state index in [4.69, 9.17) is 0 Å². The summed E-state index contributed by atoms with van der Waals surface area (Å²) in [5.41, 5.74) is -0.191. The van der Waals surface area contributed by atoms with Gasteiger partial charge in [-0.3, -0.25) is 4.79 Å². The molecule has 3 aliphatic rings. The second-order valence-corrected chi connectivity index (χ2v) is 8.60. The molecule has 0 aromatic rings. The first-order chi connectivity index (χ1) is 8.76. The van der Waals surface area contributed by atoms with Gasteiger partial charge in [0.15, 0.2) is 0 Å². The van der Waals surface area contributed by atoms with Crippen LogP contribution < -0.4 is 0 Å². The monoisotopic (exact) mass is 283 g/mol. The Hall–Kier alpha value is -0.840. The van der Waals surface area contributed by atoms with Crippen molar-refractivity contribution >= 4 is 15.9 Å². The van der Waals surface area contributed by atoms with Crippen molar-refractivity contribution < 1.29 is 13.2 Å². The molecule has 3 rings (SSSR count). The van der Waals surface area contributed by atoms with E-state index in [2.05, 4.69) is 13.8 Å². The van der Waals surface area contributed by atoms with Gasteiger partial charge in [0.2, 0.25) is 10.0 Å². The van der Waals surface area contributed by atoms with Gasteiger partial charge in [-0.2, -0.15) is 0 Å². The quantitative estimate of drug-likeness (QED) is 0.691. The Balaban J connectivity index is 2.09. The fourth-order valence-electron chi connectivity index (χ4n) is 4.80. The molecular weight excluding hydrogens is 262 g/mol. The van der Waals surface area contributed by atoms with E-state index >= 15 is 0 Å². The molecule has 106 valence electrons. The summed E-state index contributed by atoms with van der Waals surface area (Å²) in [7, 11) is -3.45. The predicted octanol–water partition coefficient (Wildman–Crippen LogP) is 1.93. The second kappa shape index (κ2) is 3.62. The Morgan fingerprint density at radius 1 is 1.37 bits per heavy atom. The van der Waals surface area contributed by atoms with Crippen LogP contribution in [0.1, 0.15) is 40.0 Å². The van der Waals surface area contributed by atoms with Gasteiger partial charge in [-0.25, -0.2) is 12.7 Å². The number of hydrogen-bond acceptors (Lipinski definition) is 3. The number of hydrogen-bond donors (Lipinski definition) is 0. The van der Waals surface area contributed by atoms with Crippen LogP contribution in [0.5, 0.6) is 0 Å². The van der Waals surface area contributed by atoms with E-state index in [1.807, 2.05) is 0 Å². The lowest BCUT2D eigenvalue weighted by Crippen LogP contribution is -2.43. The van der Waals surface area contributed by atoms with Crippen LogP contribution in [0.3, 0.4) is 0 Å². The highest BCUT2D eigenvalue weighted by molar-refractivity contribution is 7.90. The third-order valence-corrected chi connectivity index (χ3v) is 7.85. The zero-order chi connectivity index (χ0) is 14.1.